The Kier molecular flexibility index (Phi) is 13.7. The zero-order chi connectivity index (χ0) is 40.8. The number of halogens is 2. The third-order valence-electron chi connectivity index (χ3n) is 9.26. The summed E-state index contributed by atoms with van der Waals surface area (Å²) in [6.07, 6.45) is 13.9. The number of nitrogens with zero attached hydrogens (tertiary/aromatic N) is 10. The van der Waals surface area contributed by atoms with Gasteiger partial charge in [-0.2, -0.15) is 20.4 Å². The van der Waals surface area contributed by atoms with Crippen LogP contribution in [0.4, 0.5) is 8.78 Å². The van der Waals surface area contributed by atoms with Crippen LogP contribution in [0.3, 0.4) is 0 Å². The van der Waals surface area contributed by atoms with Crippen LogP contribution in [0.2, 0.25) is 0 Å². The van der Waals surface area contributed by atoms with Gasteiger partial charge in [0.1, 0.15) is 24.3 Å². The molecule has 0 spiro atoms. The quantitative estimate of drug-likeness (QED) is 0.100. The van der Waals surface area contributed by atoms with Gasteiger partial charge in [0.2, 0.25) is 0 Å². The van der Waals surface area contributed by atoms with Crippen molar-refractivity contribution in [2.45, 2.75) is 50.1 Å². The largest absolute Gasteiger partial charge is 2.00 e. The molecule has 15 heteroatoms. The SMILES string of the molecule is CC(C)n1c(/C=C/C=Nn2cnnc2[S-])c(-c2ccc(F)cc2)c2ccccc21.CC(C)n1c(/C=C/C=Nn2cnnc2[S-])c(-c2ccc(F)cc2)c2ccccc21.[Co+2]. The maximum atomic E-state index is 13.5. The van der Waals surface area contributed by atoms with Crippen LogP contribution in [0.15, 0.2) is 142 Å². The Hall–Kier alpha value is -6.13. The Morgan fingerprint density at radius 3 is 1.27 bits per heavy atom. The van der Waals surface area contributed by atoms with E-state index in [9.17, 15) is 8.78 Å². The molecule has 0 saturated heterocycles. The Balaban J connectivity index is 0.000000195. The summed E-state index contributed by atoms with van der Waals surface area (Å²) in [6, 6.07) is 30.2. The monoisotopic (exact) mass is 867 g/mol. The van der Waals surface area contributed by atoms with E-state index in [0.29, 0.717) is 10.3 Å². The molecule has 0 N–H and O–H groups in total. The molecule has 0 aliphatic carbocycles. The van der Waals surface area contributed by atoms with Gasteiger partial charge in [-0.1, -0.05) is 60.7 Å². The van der Waals surface area contributed by atoms with Crippen molar-refractivity contribution in [2.24, 2.45) is 10.2 Å². The minimum absolute atomic E-state index is 0. The van der Waals surface area contributed by atoms with Crippen molar-refractivity contribution in [3.8, 4) is 22.3 Å². The second-order valence-corrected chi connectivity index (χ2v) is 14.4. The molecule has 0 aliphatic heterocycles. The van der Waals surface area contributed by atoms with Crippen LogP contribution in [0.25, 0.3) is 56.2 Å². The molecule has 4 heterocycles. The van der Waals surface area contributed by atoms with E-state index in [1.165, 1.54) is 46.3 Å². The van der Waals surface area contributed by atoms with Crippen LogP contribution in [0.5, 0.6) is 0 Å². The normalized spacial score (nSPS) is 11.9. The first kappa shape index (κ1) is 42.5. The molecule has 8 aromatic rings. The molecule has 4 aromatic carbocycles. The number of hydrogen-bond acceptors (Lipinski definition) is 8. The Labute approximate surface area is 361 Å². The molecule has 10 nitrogen and oxygen atoms in total. The molecular weight excluding hydrogens is 830 g/mol. The minimum atomic E-state index is -0.251. The first-order valence-corrected chi connectivity index (χ1v) is 19.3. The van der Waals surface area contributed by atoms with E-state index in [1.807, 2.05) is 72.8 Å². The topological polar surface area (TPSA) is 96.0 Å². The third kappa shape index (κ3) is 9.28. The van der Waals surface area contributed by atoms with E-state index in [2.05, 4.69) is 91.7 Å². The standard InChI is InChI=1S/2C22H20FN5S.Co/c2*1-15(2)28-19-7-4-3-6-18(19)21(16-9-11-17(23)12-10-16)20(28)8-5-13-25-27-14-24-26-22(27)29;/h2*3-15H,1-2H3,(H,26,29);/q;;+2/p-2/b2*8-5+,25-13?;. The van der Waals surface area contributed by atoms with Crippen molar-refractivity contribution in [3.05, 3.63) is 145 Å². The van der Waals surface area contributed by atoms with Crippen molar-refractivity contribution in [3.63, 3.8) is 0 Å². The average molecular weight is 868 g/mol. The van der Waals surface area contributed by atoms with Gasteiger partial charge in [0, 0.05) is 79.1 Å². The number of fused-ring (bicyclic) bond motifs is 2. The van der Waals surface area contributed by atoms with E-state index in [1.54, 1.807) is 12.4 Å². The summed E-state index contributed by atoms with van der Waals surface area (Å²) in [7, 11) is 0. The van der Waals surface area contributed by atoms with Crippen molar-refractivity contribution in [2.75, 3.05) is 0 Å². The zero-order valence-electron chi connectivity index (χ0n) is 32.4. The van der Waals surface area contributed by atoms with Gasteiger partial charge in [-0.05, 0) is 99.5 Å². The molecule has 299 valence electrons. The van der Waals surface area contributed by atoms with Gasteiger partial charge >= 0.3 is 16.8 Å². The van der Waals surface area contributed by atoms with Crippen molar-refractivity contribution in [1.29, 1.82) is 0 Å². The van der Waals surface area contributed by atoms with Gasteiger partial charge in [0.15, 0.2) is 0 Å². The number of benzene rings is 4. The fourth-order valence-electron chi connectivity index (χ4n) is 6.93. The Morgan fingerprint density at radius 2 is 0.932 bits per heavy atom. The van der Waals surface area contributed by atoms with Crippen LogP contribution < -0.4 is 0 Å². The molecule has 1 radical (unpaired) electrons. The number of rotatable bonds is 10. The number of hydrogen-bond donors (Lipinski definition) is 0. The second-order valence-electron chi connectivity index (χ2n) is 13.7. The van der Waals surface area contributed by atoms with E-state index >= 15 is 0 Å². The van der Waals surface area contributed by atoms with Gasteiger partial charge in [0.25, 0.3) is 0 Å². The molecule has 0 aliphatic rings. The van der Waals surface area contributed by atoms with Gasteiger partial charge in [-0.25, -0.2) is 18.1 Å². The van der Waals surface area contributed by atoms with Gasteiger partial charge < -0.3 is 34.4 Å². The summed E-state index contributed by atoms with van der Waals surface area (Å²) in [6.45, 7) is 8.58. The first-order chi connectivity index (χ1) is 28.1. The maximum Gasteiger partial charge on any atom is 2.00 e. The number of allylic oxidation sites excluding steroid dienone is 2. The molecule has 4 aromatic heterocycles. The molecule has 0 bridgehead atoms. The summed E-state index contributed by atoms with van der Waals surface area (Å²) in [5.41, 5.74) is 8.37. The predicted molar refractivity (Wildman–Crippen MR) is 233 cm³/mol. The summed E-state index contributed by atoms with van der Waals surface area (Å²) >= 11 is 10.1. The Morgan fingerprint density at radius 1 is 0.559 bits per heavy atom. The molecule has 0 unspecified atom stereocenters. The molecular formula is C44H38CoF2N10S2. The maximum absolute atomic E-state index is 13.5. The molecule has 8 rings (SSSR count). The summed E-state index contributed by atoms with van der Waals surface area (Å²) in [4.78, 5) is 0. The third-order valence-corrected chi connectivity index (χ3v) is 9.80. The first-order valence-electron chi connectivity index (χ1n) is 18.5. The van der Waals surface area contributed by atoms with Crippen LogP contribution >= 0.6 is 0 Å². The van der Waals surface area contributed by atoms with E-state index in [4.69, 9.17) is 25.3 Å². The van der Waals surface area contributed by atoms with Crippen LogP contribution in [0, 0.1) is 11.6 Å². The smallest absolute Gasteiger partial charge is 0.738 e. The van der Waals surface area contributed by atoms with E-state index < -0.39 is 0 Å². The predicted octanol–water partition coefficient (Wildman–Crippen LogP) is 10.1. The van der Waals surface area contributed by atoms with Crippen molar-refractivity contribution >= 4 is 71.6 Å². The van der Waals surface area contributed by atoms with Gasteiger partial charge in [0.05, 0.1) is 0 Å². The molecule has 0 amide bonds. The van der Waals surface area contributed by atoms with Crippen LogP contribution in [0.1, 0.15) is 51.2 Å². The molecule has 0 fully saturated rings. The molecule has 0 atom stereocenters. The Bertz CT molecular complexity index is 2600. The van der Waals surface area contributed by atoms with E-state index in [-0.39, 0.29) is 40.5 Å². The summed E-state index contributed by atoms with van der Waals surface area (Å²) in [5.74, 6) is -0.501. The average Bonchev–Trinajstić information content (AvgIpc) is 3.99. The fraction of sp³-hybridized carbons (Fsp3) is 0.136. The van der Waals surface area contributed by atoms with E-state index in [0.717, 1.165) is 55.4 Å². The summed E-state index contributed by atoms with van der Waals surface area (Å²) < 4.78 is 34.4. The number of para-hydroxylation sites is 2. The molecule has 59 heavy (non-hydrogen) atoms. The molecule has 0 saturated carbocycles. The summed E-state index contributed by atoms with van der Waals surface area (Å²) in [5, 5.41) is 26.2. The minimum Gasteiger partial charge on any atom is -0.738 e. The van der Waals surface area contributed by atoms with Crippen LogP contribution in [-0.2, 0) is 42.0 Å². The second kappa shape index (κ2) is 19.1. The van der Waals surface area contributed by atoms with Crippen molar-refractivity contribution < 1.29 is 25.6 Å². The number of aromatic nitrogens is 8. The fourth-order valence-corrected chi connectivity index (χ4v) is 7.22. The zero-order valence-corrected chi connectivity index (χ0v) is 35.1. The van der Waals surface area contributed by atoms with Crippen molar-refractivity contribution in [1.82, 2.24) is 38.9 Å². The van der Waals surface area contributed by atoms with Gasteiger partial charge in [-0.3, -0.25) is 0 Å². The van der Waals surface area contributed by atoms with Gasteiger partial charge in [-0.15, -0.1) is 10.2 Å². The van der Waals surface area contributed by atoms with Crippen LogP contribution in [-0.4, -0.2) is 51.3 Å².